The molecule has 1 unspecified atom stereocenters. The van der Waals surface area contributed by atoms with Gasteiger partial charge in [0.15, 0.2) is 0 Å². The van der Waals surface area contributed by atoms with Gasteiger partial charge in [0, 0.05) is 19.0 Å². The van der Waals surface area contributed by atoms with Gasteiger partial charge in [-0.3, -0.25) is 5.41 Å². The van der Waals surface area contributed by atoms with Crippen molar-refractivity contribution >= 4 is 15.9 Å². The summed E-state index contributed by atoms with van der Waals surface area (Å²) in [5.74, 6) is -0.0831. The second-order valence-electron chi connectivity index (χ2n) is 4.47. The van der Waals surface area contributed by atoms with Crippen molar-refractivity contribution < 1.29 is 8.42 Å². The third-order valence-electron chi connectivity index (χ3n) is 3.20. The smallest absolute Gasteiger partial charge is 0.243 e. The summed E-state index contributed by atoms with van der Waals surface area (Å²) in [5.41, 5.74) is 5.47. The minimum Gasteiger partial charge on any atom is -0.387 e. The van der Waals surface area contributed by atoms with Crippen molar-refractivity contribution in [1.82, 2.24) is 4.31 Å². The highest BCUT2D eigenvalue weighted by atomic mass is 32.2. The summed E-state index contributed by atoms with van der Waals surface area (Å²) in [7, 11) is -3.45. The highest BCUT2D eigenvalue weighted by Gasteiger charge is 2.31. The molecule has 1 atom stereocenters. The SMILES string of the molecule is N=C(N)C1CCCN(S(=O)(=O)c2ccccc2)C1. The van der Waals surface area contributed by atoms with Gasteiger partial charge in [-0.2, -0.15) is 4.31 Å². The molecule has 0 aliphatic carbocycles. The Morgan fingerprint density at radius 3 is 2.61 bits per heavy atom. The van der Waals surface area contributed by atoms with Gasteiger partial charge in [0.2, 0.25) is 10.0 Å². The fraction of sp³-hybridized carbons (Fsp3) is 0.417. The predicted octanol–water partition coefficient (Wildman–Crippen LogP) is 1.02. The van der Waals surface area contributed by atoms with Crippen LogP contribution in [0.15, 0.2) is 35.2 Å². The molecule has 18 heavy (non-hydrogen) atoms. The lowest BCUT2D eigenvalue weighted by Gasteiger charge is -2.31. The zero-order chi connectivity index (χ0) is 13.2. The normalized spacial score (nSPS) is 21.7. The van der Waals surface area contributed by atoms with Crippen molar-refractivity contribution in [3.63, 3.8) is 0 Å². The van der Waals surface area contributed by atoms with Crippen LogP contribution in [0.3, 0.4) is 0 Å². The highest BCUT2D eigenvalue weighted by molar-refractivity contribution is 7.89. The summed E-state index contributed by atoms with van der Waals surface area (Å²) in [6.45, 7) is 0.813. The maximum Gasteiger partial charge on any atom is 0.243 e. The fourth-order valence-corrected chi connectivity index (χ4v) is 3.70. The van der Waals surface area contributed by atoms with Crippen LogP contribution in [0.2, 0.25) is 0 Å². The molecule has 0 bridgehead atoms. The van der Waals surface area contributed by atoms with E-state index in [4.69, 9.17) is 11.1 Å². The predicted molar refractivity (Wildman–Crippen MR) is 69.8 cm³/mol. The van der Waals surface area contributed by atoms with Crippen LogP contribution >= 0.6 is 0 Å². The number of hydrogen-bond acceptors (Lipinski definition) is 3. The van der Waals surface area contributed by atoms with Gasteiger partial charge in [0.1, 0.15) is 0 Å². The molecule has 0 aromatic heterocycles. The van der Waals surface area contributed by atoms with Gasteiger partial charge in [0.25, 0.3) is 0 Å². The van der Waals surface area contributed by atoms with Crippen molar-refractivity contribution in [1.29, 1.82) is 5.41 Å². The quantitative estimate of drug-likeness (QED) is 0.633. The van der Waals surface area contributed by atoms with Crippen molar-refractivity contribution in [2.45, 2.75) is 17.7 Å². The van der Waals surface area contributed by atoms with E-state index in [0.717, 1.165) is 12.8 Å². The lowest BCUT2D eigenvalue weighted by Crippen LogP contribution is -2.43. The van der Waals surface area contributed by atoms with Crippen LogP contribution in [0.1, 0.15) is 12.8 Å². The van der Waals surface area contributed by atoms with Crippen LogP contribution in [0.5, 0.6) is 0 Å². The van der Waals surface area contributed by atoms with E-state index in [9.17, 15) is 8.42 Å². The first-order valence-corrected chi connectivity index (χ1v) is 7.35. The summed E-state index contributed by atoms with van der Waals surface area (Å²) in [6.07, 6.45) is 1.53. The summed E-state index contributed by atoms with van der Waals surface area (Å²) in [6, 6.07) is 8.38. The van der Waals surface area contributed by atoms with E-state index in [1.165, 1.54) is 4.31 Å². The minimum atomic E-state index is -3.45. The minimum absolute atomic E-state index is 0.0722. The standard InChI is InChI=1S/C12H17N3O2S/c13-12(14)10-5-4-8-15(9-10)18(16,17)11-6-2-1-3-7-11/h1-3,6-7,10H,4-5,8-9H2,(H3,13,14). The van der Waals surface area contributed by atoms with E-state index in [-0.39, 0.29) is 11.8 Å². The van der Waals surface area contributed by atoms with Crippen LogP contribution < -0.4 is 5.73 Å². The molecule has 2 rings (SSSR count). The van der Waals surface area contributed by atoms with Gasteiger partial charge < -0.3 is 5.73 Å². The molecular formula is C12H17N3O2S. The van der Waals surface area contributed by atoms with E-state index in [0.29, 0.717) is 18.0 Å². The number of nitrogens with one attached hydrogen (secondary N) is 1. The molecule has 3 N–H and O–H groups in total. The number of benzene rings is 1. The van der Waals surface area contributed by atoms with Crippen LogP contribution in [0, 0.1) is 11.3 Å². The number of amidine groups is 1. The Bertz CT molecular complexity index is 528. The Balaban J connectivity index is 2.23. The molecule has 1 saturated heterocycles. The lowest BCUT2D eigenvalue weighted by molar-refractivity contribution is 0.310. The summed E-state index contributed by atoms with van der Waals surface area (Å²) >= 11 is 0. The van der Waals surface area contributed by atoms with Crippen LogP contribution in [0.4, 0.5) is 0 Å². The molecule has 1 heterocycles. The molecule has 1 aliphatic heterocycles. The topological polar surface area (TPSA) is 87.2 Å². The average molecular weight is 267 g/mol. The summed E-state index contributed by atoms with van der Waals surface area (Å²) in [5, 5.41) is 7.44. The molecule has 1 aromatic carbocycles. The molecule has 1 aromatic rings. The molecule has 0 saturated carbocycles. The molecule has 0 radical (unpaired) electrons. The van der Waals surface area contributed by atoms with Crippen molar-refractivity contribution in [3.05, 3.63) is 30.3 Å². The Kier molecular flexibility index (Phi) is 3.68. The maximum absolute atomic E-state index is 12.4. The van der Waals surface area contributed by atoms with Crippen LogP contribution in [-0.4, -0.2) is 31.6 Å². The zero-order valence-electron chi connectivity index (χ0n) is 10.0. The van der Waals surface area contributed by atoms with E-state index in [1.54, 1.807) is 30.3 Å². The second kappa shape index (κ2) is 5.07. The van der Waals surface area contributed by atoms with Gasteiger partial charge >= 0.3 is 0 Å². The Morgan fingerprint density at radius 2 is 2.00 bits per heavy atom. The lowest BCUT2D eigenvalue weighted by atomic mass is 9.99. The van der Waals surface area contributed by atoms with Gasteiger partial charge in [-0.25, -0.2) is 8.42 Å². The Hall–Kier alpha value is -1.40. The van der Waals surface area contributed by atoms with Crippen molar-refractivity contribution in [3.8, 4) is 0 Å². The van der Waals surface area contributed by atoms with Crippen molar-refractivity contribution in [2.24, 2.45) is 11.7 Å². The third kappa shape index (κ3) is 2.54. The van der Waals surface area contributed by atoms with E-state index in [2.05, 4.69) is 0 Å². The first-order valence-electron chi connectivity index (χ1n) is 5.91. The number of hydrogen-bond donors (Lipinski definition) is 2. The molecule has 1 aliphatic rings. The van der Waals surface area contributed by atoms with Gasteiger partial charge in [-0.05, 0) is 25.0 Å². The Morgan fingerprint density at radius 1 is 1.33 bits per heavy atom. The first-order chi connectivity index (χ1) is 8.51. The highest BCUT2D eigenvalue weighted by Crippen LogP contribution is 2.23. The van der Waals surface area contributed by atoms with E-state index in [1.807, 2.05) is 0 Å². The number of nitrogens with two attached hydrogens (primary N) is 1. The molecule has 6 heteroatoms. The Labute approximate surface area is 107 Å². The molecule has 5 nitrogen and oxygen atoms in total. The maximum atomic E-state index is 12.4. The molecule has 98 valence electrons. The largest absolute Gasteiger partial charge is 0.387 e. The van der Waals surface area contributed by atoms with Gasteiger partial charge in [-0.15, -0.1) is 0 Å². The molecule has 0 spiro atoms. The first kappa shape index (κ1) is 13.0. The third-order valence-corrected chi connectivity index (χ3v) is 5.08. The second-order valence-corrected chi connectivity index (χ2v) is 6.41. The molecule has 1 fully saturated rings. The number of rotatable bonds is 3. The van der Waals surface area contributed by atoms with Gasteiger partial charge in [0.05, 0.1) is 10.7 Å². The number of sulfonamides is 1. The monoisotopic (exact) mass is 267 g/mol. The zero-order valence-corrected chi connectivity index (χ0v) is 10.9. The number of piperidine rings is 1. The van der Waals surface area contributed by atoms with E-state index >= 15 is 0 Å². The van der Waals surface area contributed by atoms with Crippen LogP contribution in [-0.2, 0) is 10.0 Å². The summed E-state index contributed by atoms with van der Waals surface area (Å²) in [4.78, 5) is 0.300. The van der Waals surface area contributed by atoms with E-state index < -0.39 is 10.0 Å². The summed E-state index contributed by atoms with van der Waals surface area (Å²) < 4.78 is 26.2. The average Bonchev–Trinajstić information content (AvgIpc) is 2.40. The fourth-order valence-electron chi connectivity index (χ4n) is 2.16. The van der Waals surface area contributed by atoms with Gasteiger partial charge in [-0.1, -0.05) is 18.2 Å². The van der Waals surface area contributed by atoms with Crippen LogP contribution in [0.25, 0.3) is 0 Å². The molecular weight excluding hydrogens is 250 g/mol. The van der Waals surface area contributed by atoms with Crippen molar-refractivity contribution in [2.75, 3.05) is 13.1 Å². The number of nitrogens with zero attached hydrogens (tertiary/aromatic N) is 1. The molecule has 0 amide bonds.